The maximum Gasteiger partial charge on any atom is 0.282 e. The maximum atomic E-state index is 13.2. The van der Waals surface area contributed by atoms with Gasteiger partial charge in [-0.15, -0.1) is 0 Å². The van der Waals surface area contributed by atoms with E-state index in [1.807, 2.05) is 42.5 Å². The average molecular weight is 559 g/mol. The molecule has 0 atom stereocenters. The Kier molecular flexibility index (Phi) is 8.03. The van der Waals surface area contributed by atoms with Gasteiger partial charge in [0.15, 0.2) is 0 Å². The first-order valence-corrected chi connectivity index (χ1v) is 12.4. The number of halogens is 3. The van der Waals surface area contributed by atoms with Crippen LogP contribution in [0.1, 0.15) is 36.7 Å². The zero-order valence-corrected chi connectivity index (χ0v) is 21.6. The van der Waals surface area contributed by atoms with Crippen LogP contribution in [0, 0.1) is 0 Å². The number of aromatic nitrogens is 2. The molecule has 0 bridgehead atoms. The van der Waals surface area contributed by atoms with Crippen LogP contribution in [0.25, 0.3) is 10.9 Å². The number of fused-ring (bicyclic) bond motifs is 1. The minimum absolute atomic E-state index is 0.187. The lowest BCUT2D eigenvalue weighted by atomic mass is 10.2. The van der Waals surface area contributed by atoms with Gasteiger partial charge in [0.25, 0.3) is 5.56 Å². The largest absolute Gasteiger partial charge is 0.489 e. The number of rotatable bonds is 8. The fraction of sp³-hybridized carbons (Fsp3) is 0.192. The third-order valence-electron chi connectivity index (χ3n) is 5.24. The topological polar surface area (TPSA) is 56.5 Å². The molecule has 8 heteroatoms. The van der Waals surface area contributed by atoms with Gasteiger partial charge < -0.3 is 4.74 Å². The number of unbranched alkanes of at least 4 members (excludes halogenated alkanes) is 1. The molecule has 174 valence electrons. The van der Waals surface area contributed by atoms with E-state index in [1.54, 1.807) is 24.4 Å². The molecule has 0 aliphatic rings. The quantitative estimate of drug-likeness (QED) is 0.214. The highest BCUT2D eigenvalue weighted by molar-refractivity contribution is 9.10. The Labute approximate surface area is 216 Å². The van der Waals surface area contributed by atoms with Crippen LogP contribution in [-0.2, 0) is 13.0 Å². The molecule has 0 amide bonds. The molecule has 4 rings (SSSR count). The second-order valence-corrected chi connectivity index (χ2v) is 9.51. The highest BCUT2D eigenvalue weighted by atomic mass is 79.9. The van der Waals surface area contributed by atoms with Crippen LogP contribution in [-0.4, -0.2) is 15.9 Å². The third-order valence-corrected chi connectivity index (χ3v) is 6.32. The van der Waals surface area contributed by atoms with E-state index < -0.39 is 0 Å². The minimum atomic E-state index is -0.187. The van der Waals surface area contributed by atoms with Gasteiger partial charge in [0.05, 0.1) is 17.1 Å². The minimum Gasteiger partial charge on any atom is -0.489 e. The van der Waals surface area contributed by atoms with Crippen LogP contribution in [0.5, 0.6) is 5.75 Å². The average Bonchev–Trinajstić information content (AvgIpc) is 2.83. The Hall–Kier alpha value is -2.67. The van der Waals surface area contributed by atoms with Gasteiger partial charge in [-0.05, 0) is 66.6 Å². The number of benzene rings is 3. The predicted octanol–water partition coefficient (Wildman–Crippen LogP) is 7.27. The Morgan fingerprint density at radius 1 is 1.09 bits per heavy atom. The van der Waals surface area contributed by atoms with Gasteiger partial charge >= 0.3 is 0 Å². The molecule has 0 spiro atoms. The van der Waals surface area contributed by atoms with Gasteiger partial charge in [0, 0.05) is 26.5 Å². The van der Waals surface area contributed by atoms with Crippen molar-refractivity contribution in [2.45, 2.75) is 32.8 Å². The molecule has 1 aromatic heterocycles. The monoisotopic (exact) mass is 557 g/mol. The normalized spacial score (nSPS) is 11.4. The Bertz CT molecular complexity index is 1400. The lowest BCUT2D eigenvalue weighted by molar-refractivity contribution is 0.306. The summed E-state index contributed by atoms with van der Waals surface area (Å²) in [6.07, 6.45) is 4.26. The van der Waals surface area contributed by atoms with E-state index in [-0.39, 0.29) is 5.56 Å². The molecule has 0 radical (unpaired) electrons. The summed E-state index contributed by atoms with van der Waals surface area (Å²) in [5.74, 6) is 1.35. The van der Waals surface area contributed by atoms with Crippen LogP contribution >= 0.6 is 39.1 Å². The van der Waals surface area contributed by atoms with Crippen molar-refractivity contribution in [3.63, 3.8) is 0 Å². The summed E-state index contributed by atoms with van der Waals surface area (Å²) in [5.41, 5.74) is 2.17. The van der Waals surface area contributed by atoms with E-state index in [2.05, 4.69) is 28.0 Å². The van der Waals surface area contributed by atoms with Crippen molar-refractivity contribution in [1.82, 2.24) is 9.66 Å². The molecule has 0 aliphatic heterocycles. The summed E-state index contributed by atoms with van der Waals surface area (Å²) >= 11 is 15.6. The van der Waals surface area contributed by atoms with Crippen molar-refractivity contribution >= 4 is 56.2 Å². The molecule has 4 aromatic rings. The first kappa shape index (κ1) is 24.5. The van der Waals surface area contributed by atoms with Crippen molar-refractivity contribution in [3.8, 4) is 5.75 Å². The van der Waals surface area contributed by atoms with E-state index in [0.29, 0.717) is 45.5 Å². The number of aryl methyl sites for hydroxylation is 1. The van der Waals surface area contributed by atoms with Gasteiger partial charge in [-0.25, -0.2) is 4.98 Å². The first-order chi connectivity index (χ1) is 16.4. The molecule has 1 heterocycles. The molecule has 0 N–H and O–H groups in total. The fourth-order valence-corrected chi connectivity index (χ4v) is 4.21. The van der Waals surface area contributed by atoms with Gasteiger partial charge in [-0.2, -0.15) is 9.78 Å². The third kappa shape index (κ3) is 5.87. The van der Waals surface area contributed by atoms with Crippen molar-refractivity contribution in [2.75, 3.05) is 0 Å². The molecule has 0 saturated heterocycles. The Morgan fingerprint density at radius 2 is 1.88 bits per heavy atom. The lowest BCUT2D eigenvalue weighted by Gasteiger charge is -2.09. The van der Waals surface area contributed by atoms with Crippen LogP contribution in [0.2, 0.25) is 10.0 Å². The Morgan fingerprint density at radius 3 is 2.62 bits per heavy atom. The predicted molar refractivity (Wildman–Crippen MR) is 143 cm³/mol. The van der Waals surface area contributed by atoms with Crippen LogP contribution < -0.4 is 10.3 Å². The number of nitrogens with zero attached hydrogens (tertiary/aromatic N) is 3. The van der Waals surface area contributed by atoms with E-state index in [9.17, 15) is 4.79 Å². The zero-order valence-electron chi connectivity index (χ0n) is 18.5. The molecule has 0 aliphatic carbocycles. The molecular weight excluding hydrogens is 537 g/mol. The summed E-state index contributed by atoms with van der Waals surface area (Å²) in [7, 11) is 0. The van der Waals surface area contributed by atoms with E-state index >= 15 is 0 Å². The summed E-state index contributed by atoms with van der Waals surface area (Å²) in [6.45, 7) is 2.44. The van der Waals surface area contributed by atoms with E-state index in [0.717, 1.165) is 28.4 Å². The molecule has 3 aromatic carbocycles. The van der Waals surface area contributed by atoms with Crippen LogP contribution in [0.15, 0.2) is 75.0 Å². The second kappa shape index (κ2) is 11.2. The van der Waals surface area contributed by atoms with E-state index in [1.165, 1.54) is 4.68 Å². The van der Waals surface area contributed by atoms with E-state index in [4.69, 9.17) is 32.9 Å². The summed E-state index contributed by atoms with van der Waals surface area (Å²) in [5, 5.41) is 6.16. The van der Waals surface area contributed by atoms with Gasteiger partial charge in [0.2, 0.25) is 0 Å². The van der Waals surface area contributed by atoms with Crippen molar-refractivity contribution in [3.05, 3.63) is 102 Å². The van der Waals surface area contributed by atoms with Gasteiger partial charge in [0.1, 0.15) is 18.2 Å². The molecule has 34 heavy (non-hydrogen) atoms. The summed E-state index contributed by atoms with van der Waals surface area (Å²) < 4.78 is 8.06. The highest BCUT2D eigenvalue weighted by Crippen LogP contribution is 2.23. The number of hydrogen-bond donors (Lipinski definition) is 0. The molecule has 0 unspecified atom stereocenters. The van der Waals surface area contributed by atoms with Crippen molar-refractivity contribution in [1.29, 1.82) is 0 Å². The summed E-state index contributed by atoms with van der Waals surface area (Å²) in [4.78, 5) is 17.9. The zero-order chi connectivity index (χ0) is 24.1. The standard InChI is InChI=1S/C26H22BrCl2N3O2/c1-2-3-4-25-31-24-12-8-19(27)13-22(24)26(33)32(25)30-15-17-5-10-21(11-6-17)34-16-18-7-9-20(28)14-23(18)29/h5-15H,2-4,16H2,1H3. The SMILES string of the molecule is CCCCc1nc2ccc(Br)cc2c(=O)n1N=Cc1ccc(OCc2ccc(Cl)cc2Cl)cc1. The summed E-state index contributed by atoms with van der Waals surface area (Å²) in [6, 6.07) is 18.3. The Balaban J connectivity index is 1.55. The maximum absolute atomic E-state index is 13.2. The van der Waals surface area contributed by atoms with Gasteiger partial charge in [-0.3, -0.25) is 4.79 Å². The molecule has 0 fully saturated rings. The smallest absolute Gasteiger partial charge is 0.282 e. The highest BCUT2D eigenvalue weighted by Gasteiger charge is 2.11. The molecular formula is C26H22BrCl2N3O2. The van der Waals surface area contributed by atoms with Crippen LogP contribution in [0.3, 0.4) is 0 Å². The molecule has 0 saturated carbocycles. The van der Waals surface area contributed by atoms with Gasteiger partial charge in [-0.1, -0.05) is 58.5 Å². The lowest BCUT2D eigenvalue weighted by Crippen LogP contribution is -2.22. The number of ether oxygens (including phenoxy) is 1. The van der Waals surface area contributed by atoms with Crippen molar-refractivity contribution < 1.29 is 4.74 Å². The number of hydrogen-bond acceptors (Lipinski definition) is 4. The first-order valence-electron chi connectivity index (χ1n) is 10.9. The fourth-order valence-electron chi connectivity index (χ4n) is 3.38. The van der Waals surface area contributed by atoms with Crippen LogP contribution in [0.4, 0.5) is 0 Å². The van der Waals surface area contributed by atoms with Crippen molar-refractivity contribution in [2.24, 2.45) is 5.10 Å². The second-order valence-electron chi connectivity index (χ2n) is 7.75. The molecule has 5 nitrogen and oxygen atoms in total.